The van der Waals surface area contributed by atoms with Crippen molar-refractivity contribution in [3.63, 3.8) is 0 Å². The summed E-state index contributed by atoms with van der Waals surface area (Å²) in [4.78, 5) is 22.9. The van der Waals surface area contributed by atoms with E-state index in [0.717, 1.165) is 63.5 Å². The maximum Gasteiger partial charge on any atom is 0.478 e. The first-order valence-electron chi connectivity index (χ1n) is 12.7. The largest absolute Gasteiger partial charge is 0.478 e. The van der Waals surface area contributed by atoms with Gasteiger partial charge >= 0.3 is 33.5 Å². The Hall–Kier alpha value is -3.03. The van der Waals surface area contributed by atoms with Gasteiger partial charge in [-0.25, -0.2) is 9.59 Å². The molecule has 0 N–H and O–H groups in total. The van der Waals surface area contributed by atoms with Gasteiger partial charge in [-0.2, -0.15) is 30.4 Å². The highest BCUT2D eigenvalue weighted by atomic mass is 32.2. The SMILES string of the molecule is C=C(C)C(=O)OCCCCCCCCCCCCOC(=O)C(F)(F)S(=O)(=O)ON=C(c1ccccc1)C(F)(F)F. The molecule has 0 atom stereocenters. The molecule has 40 heavy (non-hydrogen) atoms. The van der Waals surface area contributed by atoms with Gasteiger partial charge in [-0.05, 0) is 19.8 Å². The van der Waals surface area contributed by atoms with E-state index in [2.05, 4.69) is 20.8 Å². The number of rotatable bonds is 19. The maximum absolute atomic E-state index is 14.1. The first-order chi connectivity index (χ1) is 18.7. The molecular formula is C26H34F5NO7S. The van der Waals surface area contributed by atoms with Crippen LogP contribution in [0.1, 0.15) is 76.7 Å². The number of hydrogen-bond donors (Lipinski definition) is 0. The van der Waals surface area contributed by atoms with E-state index in [4.69, 9.17) is 4.74 Å². The Morgan fingerprint density at radius 3 is 1.70 bits per heavy atom. The molecule has 0 amide bonds. The molecule has 0 radical (unpaired) electrons. The molecular weight excluding hydrogens is 565 g/mol. The lowest BCUT2D eigenvalue weighted by Gasteiger charge is -2.15. The quantitative estimate of drug-likeness (QED) is 0.0449. The summed E-state index contributed by atoms with van der Waals surface area (Å²) in [5.41, 5.74) is -2.14. The number of halogens is 5. The fraction of sp³-hybridized carbons (Fsp3) is 0.577. The minimum atomic E-state index is -6.22. The van der Waals surface area contributed by atoms with Crippen molar-refractivity contribution in [2.75, 3.05) is 13.2 Å². The minimum absolute atomic E-state index is 0.190. The zero-order valence-corrected chi connectivity index (χ0v) is 23.0. The molecule has 1 rings (SSSR count). The Kier molecular flexibility index (Phi) is 14.8. The summed E-state index contributed by atoms with van der Waals surface area (Å²) in [5.74, 6) is -2.86. The zero-order valence-electron chi connectivity index (χ0n) is 22.2. The number of unbranched alkanes of at least 4 members (excludes halogenated alkanes) is 9. The van der Waals surface area contributed by atoms with Gasteiger partial charge in [-0.15, -0.1) is 0 Å². The van der Waals surface area contributed by atoms with Crippen molar-refractivity contribution in [3.8, 4) is 0 Å². The van der Waals surface area contributed by atoms with Gasteiger partial charge in [-0.1, -0.05) is 93.4 Å². The van der Waals surface area contributed by atoms with Crippen molar-refractivity contribution >= 4 is 27.8 Å². The summed E-state index contributed by atoms with van der Waals surface area (Å²) in [5, 5.41) is -2.91. The van der Waals surface area contributed by atoms with E-state index in [0.29, 0.717) is 18.6 Å². The molecule has 14 heteroatoms. The van der Waals surface area contributed by atoms with E-state index in [-0.39, 0.29) is 6.42 Å². The van der Waals surface area contributed by atoms with E-state index in [1.165, 1.54) is 18.2 Å². The van der Waals surface area contributed by atoms with Crippen molar-refractivity contribution in [2.24, 2.45) is 5.16 Å². The smallest absolute Gasteiger partial charge is 0.462 e. The number of ether oxygens (including phenoxy) is 2. The molecule has 0 aliphatic heterocycles. The van der Waals surface area contributed by atoms with Crippen LogP contribution in [0.2, 0.25) is 0 Å². The van der Waals surface area contributed by atoms with Gasteiger partial charge in [-0.3, -0.25) is 4.28 Å². The molecule has 0 heterocycles. The van der Waals surface area contributed by atoms with Crippen molar-refractivity contribution in [1.29, 1.82) is 0 Å². The van der Waals surface area contributed by atoms with Crippen molar-refractivity contribution in [3.05, 3.63) is 48.0 Å². The summed E-state index contributed by atoms with van der Waals surface area (Å²) >= 11 is 0. The number of hydrogen-bond acceptors (Lipinski definition) is 8. The van der Waals surface area contributed by atoms with E-state index in [1.807, 2.05) is 0 Å². The van der Waals surface area contributed by atoms with Crippen molar-refractivity contribution in [2.45, 2.75) is 82.6 Å². The van der Waals surface area contributed by atoms with Crippen LogP contribution >= 0.6 is 0 Å². The van der Waals surface area contributed by atoms with Crippen LogP contribution in [-0.2, 0) is 33.5 Å². The number of carbonyl (C=O) groups is 2. The van der Waals surface area contributed by atoms with Crippen LogP contribution in [0.25, 0.3) is 0 Å². The summed E-state index contributed by atoms with van der Waals surface area (Å²) < 4.78 is 104. The van der Waals surface area contributed by atoms with E-state index < -0.39 is 51.4 Å². The van der Waals surface area contributed by atoms with Crippen molar-refractivity contribution < 1.29 is 53.7 Å². The third-order valence-corrected chi connectivity index (χ3v) is 6.51. The topological polar surface area (TPSA) is 108 Å². The Labute approximate surface area is 230 Å². The van der Waals surface area contributed by atoms with E-state index in [9.17, 15) is 40.0 Å². The molecule has 0 aliphatic rings. The fourth-order valence-corrected chi connectivity index (χ4v) is 3.78. The first kappa shape index (κ1) is 35.0. The van der Waals surface area contributed by atoms with Gasteiger partial charge in [0.05, 0.1) is 13.2 Å². The maximum atomic E-state index is 14.1. The Bertz CT molecular complexity index is 1090. The summed E-state index contributed by atoms with van der Waals surface area (Å²) in [7, 11) is -6.22. The molecule has 0 spiro atoms. The van der Waals surface area contributed by atoms with Crippen LogP contribution < -0.4 is 0 Å². The first-order valence-corrected chi connectivity index (χ1v) is 14.1. The van der Waals surface area contributed by atoms with Crippen LogP contribution in [0, 0.1) is 0 Å². The Balaban J connectivity index is 2.30. The molecule has 0 aromatic heterocycles. The summed E-state index contributed by atoms with van der Waals surface area (Å²) in [6.07, 6.45) is 2.76. The van der Waals surface area contributed by atoms with Gasteiger partial charge in [0.2, 0.25) is 0 Å². The number of benzene rings is 1. The lowest BCUT2D eigenvalue weighted by molar-refractivity contribution is -0.161. The standard InChI is InChI=1S/C26H34F5NO7S/c1-20(2)23(33)37-18-14-9-7-5-3-4-6-8-10-15-19-38-24(34)26(30,31)40(35,36)39-32-22(25(27,28)29)21-16-12-11-13-17-21/h11-13,16-17H,1,3-10,14-15,18-19H2,2H3. The van der Waals surface area contributed by atoms with Gasteiger partial charge < -0.3 is 9.47 Å². The van der Waals surface area contributed by atoms with Gasteiger partial charge in [0.25, 0.3) is 0 Å². The van der Waals surface area contributed by atoms with E-state index in [1.54, 1.807) is 6.92 Å². The third-order valence-electron chi connectivity index (χ3n) is 5.45. The monoisotopic (exact) mass is 599 g/mol. The lowest BCUT2D eigenvalue weighted by atomic mass is 10.1. The molecule has 0 saturated heterocycles. The van der Waals surface area contributed by atoms with Gasteiger partial charge in [0.1, 0.15) is 0 Å². The molecule has 0 saturated carbocycles. The minimum Gasteiger partial charge on any atom is -0.462 e. The molecule has 1 aromatic rings. The molecule has 8 nitrogen and oxygen atoms in total. The predicted octanol–water partition coefficient (Wildman–Crippen LogP) is 6.46. The Morgan fingerprint density at radius 1 is 0.800 bits per heavy atom. The molecule has 0 fully saturated rings. The molecule has 226 valence electrons. The van der Waals surface area contributed by atoms with Crippen LogP contribution in [0.15, 0.2) is 47.6 Å². The van der Waals surface area contributed by atoms with Crippen LogP contribution in [0.4, 0.5) is 22.0 Å². The molecule has 1 aromatic carbocycles. The average molecular weight is 600 g/mol. The molecule has 0 unspecified atom stereocenters. The predicted molar refractivity (Wildman–Crippen MR) is 137 cm³/mol. The second kappa shape index (κ2) is 16.9. The average Bonchev–Trinajstić information content (AvgIpc) is 2.88. The second-order valence-corrected chi connectivity index (χ2v) is 10.5. The highest BCUT2D eigenvalue weighted by Crippen LogP contribution is 2.28. The number of esters is 2. The highest BCUT2D eigenvalue weighted by molar-refractivity contribution is 7.88. The number of nitrogens with zero attached hydrogens (tertiary/aromatic N) is 1. The van der Waals surface area contributed by atoms with E-state index >= 15 is 0 Å². The van der Waals surface area contributed by atoms with Crippen LogP contribution in [-0.4, -0.2) is 50.7 Å². The van der Waals surface area contributed by atoms with Crippen molar-refractivity contribution in [1.82, 2.24) is 0 Å². The number of oxime groups is 1. The van der Waals surface area contributed by atoms with Crippen LogP contribution in [0.5, 0.6) is 0 Å². The summed E-state index contributed by atoms with van der Waals surface area (Å²) in [6.45, 7) is 4.95. The Morgan fingerprint density at radius 2 is 1.25 bits per heavy atom. The highest BCUT2D eigenvalue weighted by Gasteiger charge is 2.57. The third kappa shape index (κ3) is 12.4. The van der Waals surface area contributed by atoms with Gasteiger partial charge in [0, 0.05) is 11.1 Å². The number of carbonyl (C=O) groups excluding carboxylic acids is 2. The summed E-state index contributed by atoms with van der Waals surface area (Å²) in [6, 6.07) is 5.59. The second-order valence-electron chi connectivity index (χ2n) is 8.94. The number of alkyl halides is 5. The normalized spacial score (nSPS) is 12.6. The zero-order chi connectivity index (χ0) is 30.2. The molecule has 0 aliphatic carbocycles. The van der Waals surface area contributed by atoms with Crippen LogP contribution in [0.3, 0.4) is 0 Å². The van der Waals surface area contributed by atoms with Gasteiger partial charge in [0.15, 0.2) is 5.71 Å². The lowest BCUT2D eigenvalue weighted by Crippen LogP contribution is -2.40. The molecule has 0 bridgehead atoms. The fourth-order valence-electron chi connectivity index (χ4n) is 3.25.